The van der Waals surface area contributed by atoms with Crippen molar-refractivity contribution in [2.45, 2.75) is 26.2 Å². The Kier molecular flexibility index (Phi) is 4.43. The summed E-state index contributed by atoms with van der Waals surface area (Å²) in [6.45, 7) is 9.59. The van der Waals surface area contributed by atoms with Gasteiger partial charge in [0.2, 0.25) is 5.95 Å². The number of morpholine rings is 1. The van der Waals surface area contributed by atoms with Crippen LogP contribution in [0.2, 0.25) is 0 Å². The molecule has 1 aromatic heterocycles. The summed E-state index contributed by atoms with van der Waals surface area (Å²) in [5, 5.41) is 11.6. The molecule has 6 nitrogen and oxygen atoms in total. The van der Waals surface area contributed by atoms with E-state index in [1.165, 1.54) is 5.56 Å². The van der Waals surface area contributed by atoms with E-state index in [0.717, 1.165) is 18.8 Å². The van der Waals surface area contributed by atoms with Crippen molar-refractivity contribution in [2.24, 2.45) is 0 Å². The van der Waals surface area contributed by atoms with E-state index in [4.69, 9.17) is 4.74 Å². The van der Waals surface area contributed by atoms with Gasteiger partial charge in [-0.05, 0) is 17.0 Å². The maximum absolute atomic E-state index is 5.37. The molecule has 3 rings (SSSR count). The third-order valence-corrected chi connectivity index (χ3v) is 3.84. The second-order valence-electron chi connectivity index (χ2n) is 6.66. The van der Waals surface area contributed by atoms with E-state index in [1.807, 2.05) is 6.07 Å². The number of ether oxygens (including phenoxy) is 1. The molecule has 2 aromatic rings. The van der Waals surface area contributed by atoms with Gasteiger partial charge in [-0.25, -0.2) is 0 Å². The molecule has 1 fully saturated rings. The summed E-state index contributed by atoms with van der Waals surface area (Å²) < 4.78 is 5.37. The molecule has 2 heterocycles. The van der Waals surface area contributed by atoms with Crippen LogP contribution in [0.3, 0.4) is 0 Å². The number of aromatic nitrogens is 3. The minimum absolute atomic E-state index is 0.0527. The molecule has 6 heteroatoms. The zero-order valence-electron chi connectivity index (χ0n) is 13.9. The molecular formula is C17H23N5O. The smallest absolute Gasteiger partial charge is 0.247 e. The number of hydrogen-bond acceptors (Lipinski definition) is 6. The van der Waals surface area contributed by atoms with Crippen LogP contribution in [0, 0.1) is 0 Å². The minimum Gasteiger partial charge on any atom is -0.378 e. The first kappa shape index (κ1) is 15.7. The molecule has 1 aliphatic heterocycles. The van der Waals surface area contributed by atoms with Gasteiger partial charge < -0.3 is 15.0 Å². The van der Waals surface area contributed by atoms with Crippen LogP contribution in [-0.2, 0) is 10.2 Å². The summed E-state index contributed by atoms with van der Waals surface area (Å²) in [6, 6.07) is 8.29. The third kappa shape index (κ3) is 3.76. The van der Waals surface area contributed by atoms with Crippen molar-refractivity contribution in [3.05, 3.63) is 36.0 Å². The van der Waals surface area contributed by atoms with Crippen LogP contribution in [0.4, 0.5) is 17.5 Å². The molecule has 0 spiro atoms. The van der Waals surface area contributed by atoms with Gasteiger partial charge in [0.25, 0.3) is 0 Å². The van der Waals surface area contributed by atoms with Crippen LogP contribution in [0.5, 0.6) is 0 Å². The zero-order chi connectivity index (χ0) is 16.3. The van der Waals surface area contributed by atoms with E-state index in [9.17, 15) is 0 Å². The predicted octanol–water partition coefficient (Wildman–Crippen LogP) is 2.75. The first-order valence-electron chi connectivity index (χ1n) is 7.93. The molecule has 0 amide bonds. The average molecular weight is 313 g/mol. The van der Waals surface area contributed by atoms with Crippen LogP contribution in [0.1, 0.15) is 26.3 Å². The van der Waals surface area contributed by atoms with Crippen molar-refractivity contribution in [3.8, 4) is 0 Å². The van der Waals surface area contributed by atoms with E-state index >= 15 is 0 Å². The molecule has 122 valence electrons. The Balaban J connectivity index is 1.84. The fourth-order valence-corrected chi connectivity index (χ4v) is 2.64. The Hall–Kier alpha value is -2.21. The summed E-state index contributed by atoms with van der Waals surface area (Å²) in [6.07, 6.45) is 1.66. The first-order chi connectivity index (χ1) is 11.0. The van der Waals surface area contributed by atoms with Gasteiger partial charge in [0.05, 0.1) is 19.4 Å². The van der Waals surface area contributed by atoms with Gasteiger partial charge in [0.1, 0.15) is 0 Å². The molecule has 0 atom stereocenters. The molecule has 0 aliphatic carbocycles. The van der Waals surface area contributed by atoms with Gasteiger partial charge >= 0.3 is 0 Å². The van der Waals surface area contributed by atoms with Crippen molar-refractivity contribution in [1.29, 1.82) is 0 Å². The average Bonchev–Trinajstić information content (AvgIpc) is 2.55. The zero-order valence-corrected chi connectivity index (χ0v) is 13.9. The van der Waals surface area contributed by atoms with Crippen molar-refractivity contribution in [1.82, 2.24) is 15.2 Å². The van der Waals surface area contributed by atoms with Crippen LogP contribution in [0.15, 0.2) is 30.5 Å². The van der Waals surface area contributed by atoms with Crippen molar-refractivity contribution in [2.75, 3.05) is 36.5 Å². The maximum atomic E-state index is 5.37. The number of benzene rings is 1. The highest BCUT2D eigenvalue weighted by Crippen LogP contribution is 2.30. The second kappa shape index (κ2) is 6.50. The third-order valence-electron chi connectivity index (χ3n) is 3.84. The molecule has 0 radical (unpaired) electrons. The lowest BCUT2D eigenvalue weighted by molar-refractivity contribution is 0.122. The standard InChI is InChI=1S/C17H23N5O/c1-17(2,3)13-6-4-5-7-14(13)19-15-12-18-21-16(20-15)22-8-10-23-11-9-22/h4-7,12H,8-11H2,1-3H3,(H,19,20,21). The van der Waals surface area contributed by atoms with Gasteiger partial charge in [0, 0.05) is 18.8 Å². The SMILES string of the molecule is CC(C)(C)c1ccccc1Nc1cnnc(N2CCOCC2)n1. The normalized spacial score (nSPS) is 15.5. The molecule has 0 saturated carbocycles. The van der Waals surface area contributed by atoms with Gasteiger partial charge in [-0.3, -0.25) is 0 Å². The predicted molar refractivity (Wildman–Crippen MR) is 91.3 cm³/mol. The molecule has 1 aliphatic rings. The highest BCUT2D eigenvalue weighted by atomic mass is 16.5. The summed E-state index contributed by atoms with van der Waals surface area (Å²) in [5.74, 6) is 1.35. The van der Waals surface area contributed by atoms with E-state index in [-0.39, 0.29) is 5.41 Å². The lowest BCUT2D eigenvalue weighted by Gasteiger charge is -2.26. The fraction of sp³-hybridized carbons (Fsp3) is 0.471. The van der Waals surface area contributed by atoms with E-state index in [0.29, 0.717) is 25.0 Å². The van der Waals surface area contributed by atoms with Crippen molar-refractivity contribution in [3.63, 3.8) is 0 Å². The summed E-state index contributed by atoms with van der Waals surface area (Å²) >= 11 is 0. The summed E-state index contributed by atoms with van der Waals surface area (Å²) in [4.78, 5) is 6.70. The lowest BCUT2D eigenvalue weighted by Crippen LogP contribution is -2.37. The Bertz CT molecular complexity index is 662. The number of para-hydroxylation sites is 1. The summed E-state index contributed by atoms with van der Waals surface area (Å²) in [7, 11) is 0. The summed E-state index contributed by atoms with van der Waals surface area (Å²) in [5.41, 5.74) is 2.34. The second-order valence-corrected chi connectivity index (χ2v) is 6.66. The largest absolute Gasteiger partial charge is 0.378 e. The number of nitrogens with zero attached hydrogens (tertiary/aromatic N) is 4. The minimum atomic E-state index is 0.0527. The Morgan fingerprint density at radius 2 is 1.87 bits per heavy atom. The Labute approximate surface area is 136 Å². The topological polar surface area (TPSA) is 63.2 Å². The van der Waals surface area contributed by atoms with Gasteiger partial charge in [0.15, 0.2) is 5.82 Å². The Morgan fingerprint density at radius 3 is 2.61 bits per heavy atom. The molecule has 1 saturated heterocycles. The molecule has 0 bridgehead atoms. The molecule has 0 unspecified atom stereocenters. The lowest BCUT2D eigenvalue weighted by atomic mass is 9.86. The number of rotatable bonds is 3. The highest BCUT2D eigenvalue weighted by molar-refractivity contribution is 5.62. The van der Waals surface area contributed by atoms with Gasteiger partial charge in [-0.2, -0.15) is 10.1 Å². The molecular weight excluding hydrogens is 290 g/mol. The van der Waals surface area contributed by atoms with Crippen LogP contribution >= 0.6 is 0 Å². The number of nitrogens with one attached hydrogen (secondary N) is 1. The van der Waals surface area contributed by atoms with Crippen LogP contribution < -0.4 is 10.2 Å². The fourth-order valence-electron chi connectivity index (χ4n) is 2.64. The van der Waals surface area contributed by atoms with E-state index < -0.39 is 0 Å². The van der Waals surface area contributed by atoms with E-state index in [2.05, 4.69) is 64.4 Å². The molecule has 23 heavy (non-hydrogen) atoms. The number of hydrogen-bond donors (Lipinski definition) is 1. The monoisotopic (exact) mass is 313 g/mol. The maximum Gasteiger partial charge on any atom is 0.247 e. The first-order valence-corrected chi connectivity index (χ1v) is 7.93. The Morgan fingerprint density at radius 1 is 1.13 bits per heavy atom. The molecule has 1 aromatic carbocycles. The van der Waals surface area contributed by atoms with Crippen molar-refractivity contribution >= 4 is 17.5 Å². The van der Waals surface area contributed by atoms with Crippen LogP contribution in [0.25, 0.3) is 0 Å². The quantitative estimate of drug-likeness (QED) is 0.940. The van der Waals surface area contributed by atoms with Gasteiger partial charge in [-0.1, -0.05) is 39.0 Å². The van der Waals surface area contributed by atoms with Crippen LogP contribution in [-0.4, -0.2) is 41.5 Å². The molecule has 1 N–H and O–H groups in total. The van der Waals surface area contributed by atoms with Gasteiger partial charge in [-0.15, -0.1) is 5.10 Å². The van der Waals surface area contributed by atoms with E-state index in [1.54, 1.807) is 6.20 Å². The van der Waals surface area contributed by atoms with Crippen molar-refractivity contribution < 1.29 is 4.74 Å². The number of anilines is 3. The highest BCUT2D eigenvalue weighted by Gasteiger charge is 2.19.